The zero-order chi connectivity index (χ0) is 12.4. The average Bonchev–Trinajstić information content (AvgIpc) is 2.63. The Morgan fingerprint density at radius 2 is 2.12 bits per heavy atom. The fourth-order valence-electron chi connectivity index (χ4n) is 1.66. The minimum absolute atomic E-state index is 0.333. The van der Waals surface area contributed by atoms with Crippen molar-refractivity contribution < 1.29 is 9.50 Å². The summed E-state index contributed by atoms with van der Waals surface area (Å²) in [6.45, 7) is 1.82. The van der Waals surface area contributed by atoms with E-state index in [-0.39, 0.29) is 5.82 Å². The van der Waals surface area contributed by atoms with Crippen LogP contribution in [0, 0.1) is 12.7 Å². The first-order valence-corrected chi connectivity index (χ1v) is 6.44. The van der Waals surface area contributed by atoms with Crippen LogP contribution in [0.2, 0.25) is 4.34 Å². The Kier molecular flexibility index (Phi) is 3.82. The van der Waals surface area contributed by atoms with E-state index in [4.69, 9.17) is 11.6 Å². The van der Waals surface area contributed by atoms with Crippen molar-refractivity contribution >= 4 is 22.9 Å². The summed E-state index contributed by atoms with van der Waals surface area (Å²) in [5, 5.41) is 9.98. The first-order valence-electron chi connectivity index (χ1n) is 5.24. The second kappa shape index (κ2) is 5.17. The van der Waals surface area contributed by atoms with Crippen molar-refractivity contribution in [3.63, 3.8) is 0 Å². The van der Waals surface area contributed by atoms with E-state index in [0.29, 0.717) is 16.3 Å². The van der Waals surface area contributed by atoms with Crippen molar-refractivity contribution in [3.8, 4) is 0 Å². The summed E-state index contributed by atoms with van der Waals surface area (Å²) in [4.78, 5) is 0.947. The number of rotatable bonds is 3. The van der Waals surface area contributed by atoms with Crippen molar-refractivity contribution in [1.82, 2.24) is 0 Å². The molecule has 1 heterocycles. The van der Waals surface area contributed by atoms with Crippen LogP contribution in [0.5, 0.6) is 0 Å². The molecule has 0 aliphatic rings. The van der Waals surface area contributed by atoms with Gasteiger partial charge in [0.05, 0.1) is 10.4 Å². The van der Waals surface area contributed by atoms with Gasteiger partial charge < -0.3 is 5.11 Å². The molecule has 0 bridgehead atoms. The van der Waals surface area contributed by atoms with Gasteiger partial charge in [0.25, 0.3) is 0 Å². The van der Waals surface area contributed by atoms with E-state index < -0.39 is 6.10 Å². The Morgan fingerprint density at radius 3 is 2.71 bits per heavy atom. The molecule has 1 nitrogen and oxygen atoms in total. The minimum atomic E-state index is -0.828. The van der Waals surface area contributed by atoms with Crippen molar-refractivity contribution in [2.24, 2.45) is 0 Å². The maximum Gasteiger partial charge on any atom is 0.129 e. The Bertz CT molecular complexity index is 524. The second-order valence-electron chi connectivity index (χ2n) is 3.95. The van der Waals surface area contributed by atoms with E-state index >= 15 is 0 Å². The fraction of sp³-hybridized carbons (Fsp3) is 0.231. The van der Waals surface area contributed by atoms with Gasteiger partial charge in [-0.2, -0.15) is 0 Å². The lowest BCUT2D eigenvalue weighted by Crippen LogP contribution is -2.03. The molecular formula is C13H12ClFOS. The normalized spacial score (nSPS) is 12.7. The van der Waals surface area contributed by atoms with Crippen LogP contribution in [0.4, 0.5) is 4.39 Å². The summed E-state index contributed by atoms with van der Waals surface area (Å²) in [5.74, 6) is -0.361. The molecule has 0 aliphatic carbocycles. The summed E-state index contributed by atoms with van der Waals surface area (Å²) < 4.78 is 14.3. The number of thiophene rings is 1. The van der Waals surface area contributed by atoms with Crippen LogP contribution < -0.4 is 0 Å². The van der Waals surface area contributed by atoms with Crippen LogP contribution in [-0.4, -0.2) is 5.11 Å². The fourth-order valence-corrected chi connectivity index (χ4v) is 2.79. The lowest BCUT2D eigenvalue weighted by Gasteiger charge is -2.11. The van der Waals surface area contributed by atoms with Gasteiger partial charge in [-0.15, -0.1) is 11.3 Å². The molecule has 0 amide bonds. The van der Waals surface area contributed by atoms with Gasteiger partial charge in [0, 0.05) is 16.9 Å². The van der Waals surface area contributed by atoms with Crippen LogP contribution in [0.25, 0.3) is 0 Å². The molecule has 0 radical (unpaired) electrons. The first-order chi connectivity index (χ1) is 8.06. The molecule has 17 heavy (non-hydrogen) atoms. The Morgan fingerprint density at radius 1 is 1.35 bits per heavy atom. The molecule has 0 saturated heterocycles. The molecule has 1 aromatic heterocycles. The van der Waals surface area contributed by atoms with Crippen molar-refractivity contribution in [2.45, 2.75) is 19.4 Å². The number of hydrogen-bond acceptors (Lipinski definition) is 2. The van der Waals surface area contributed by atoms with E-state index in [2.05, 4.69) is 0 Å². The van der Waals surface area contributed by atoms with Gasteiger partial charge in [-0.05, 0) is 30.7 Å². The third kappa shape index (κ3) is 3.06. The van der Waals surface area contributed by atoms with Gasteiger partial charge in [0.15, 0.2) is 0 Å². The molecular weight excluding hydrogens is 259 g/mol. The largest absolute Gasteiger partial charge is 0.388 e. The topological polar surface area (TPSA) is 20.2 Å². The number of hydrogen-bond donors (Lipinski definition) is 1. The molecule has 1 N–H and O–H groups in total. The van der Waals surface area contributed by atoms with Gasteiger partial charge >= 0.3 is 0 Å². The van der Waals surface area contributed by atoms with E-state index in [0.717, 1.165) is 10.4 Å². The summed E-state index contributed by atoms with van der Waals surface area (Å²) in [7, 11) is 0. The van der Waals surface area contributed by atoms with Crippen LogP contribution in [0.1, 0.15) is 22.1 Å². The average molecular weight is 271 g/mol. The van der Waals surface area contributed by atoms with Crippen LogP contribution in [0.3, 0.4) is 0 Å². The Balaban J connectivity index is 2.17. The van der Waals surface area contributed by atoms with Crippen molar-refractivity contribution in [2.75, 3.05) is 0 Å². The number of benzene rings is 1. The third-order valence-electron chi connectivity index (χ3n) is 2.54. The number of aliphatic hydroxyl groups excluding tert-OH is 1. The zero-order valence-corrected chi connectivity index (χ0v) is 10.9. The molecule has 1 unspecified atom stereocenters. The highest BCUT2D eigenvalue weighted by Gasteiger charge is 2.14. The Hall–Kier alpha value is -0.900. The molecule has 2 aromatic rings. The molecule has 1 atom stereocenters. The van der Waals surface area contributed by atoms with Gasteiger partial charge in [-0.3, -0.25) is 0 Å². The van der Waals surface area contributed by atoms with Crippen LogP contribution in [-0.2, 0) is 6.42 Å². The number of aryl methyl sites for hydroxylation is 1. The minimum Gasteiger partial charge on any atom is -0.388 e. The quantitative estimate of drug-likeness (QED) is 0.889. The van der Waals surface area contributed by atoms with Gasteiger partial charge in [-0.25, -0.2) is 4.39 Å². The smallest absolute Gasteiger partial charge is 0.129 e. The van der Waals surface area contributed by atoms with Gasteiger partial charge in [0.2, 0.25) is 0 Å². The third-order valence-corrected chi connectivity index (χ3v) is 3.79. The maximum absolute atomic E-state index is 13.6. The predicted molar refractivity (Wildman–Crippen MR) is 69.1 cm³/mol. The molecule has 0 aliphatic heterocycles. The highest BCUT2D eigenvalue weighted by Crippen LogP contribution is 2.27. The van der Waals surface area contributed by atoms with E-state index in [1.165, 1.54) is 17.4 Å². The van der Waals surface area contributed by atoms with Crippen LogP contribution >= 0.6 is 22.9 Å². The first kappa shape index (κ1) is 12.6. The summed E-state index contributed by atoms with van der Waals surface area (Å²) in [6.07, 6.45) is -0.442. The molecule has 1 aromatic carbocycles. The monoisotopic (exact) mass is 270 g/mol. The molecule has 2 rings (SSSR count). The SMILES string of the molecule is Cc1ccc(C(O)Cc2ccc(Cl)s2)c(F)c1. The van der Waals surface area contributed by atoms with Gasteiger partial charge in [-0.1, -0.05) is 23.7 Å². The summed E-state index contributed by atoms with van der Waals surface area (Å²) in [5.41, 5.74) is 1.18. The maximum atomic E-state index is 13.6. The van der Waals surface area contributed by atoms with E-state index in [9.17, 15) is 9.50 Å². The van der Waals surface area contributed by atoms with Crippen molar-refractivity contribution in [3.05, 3.63) is 56.5 Å². The highest BCUT2D eigenvalue weighted by atomic mass is 35.5. The Labute approximate surface area is 108 Å². The zero-order valence-electron chi connectivity index (χ0n) is 9.28. The molecule has 0 fully saturated rings. The predicted octanol–water partition coefficient (Wildman–Crippen LogP) is 4.13. The van der Waals surface area contributed by atoms with Gasteiger partial charge in [0.1, 0.15) is 5.82 Å². The molecule has 0 spiro atoms. The molecule has 4 heteroatoms. The second-order valence-corrected chi connectivity index (χ2v) is 5.75. The number of aliphatic hydroxyl groups is 1. The lowest BCUT2D eigenvalue weighted by molar-refractivity contribution is 0.174. The van der Waals surface area contributed by atoms with Crippen LogP contribution in [0.15, 0.2) is 30.3 Å². The molecule has 90 valence electrons. The lowest BCUT2D eigenvalue weighted by atomic mass is 10.0. The summed E-state index contributed by atoms with van der Waals surface area (Å²) in [6, 6.07) is 8.48. The number of halogens is 2. The molecule has 0 saturated carbocycles. The van der Waals surface area contributed by atoms with E-state index in [1.807, 2.05) is 13.0 Å². The summed E-state index contributed by atoms with van der Waals surface area (Å²) >= 11 is 7.21. The van der Waals surface area contributed by atoms with E-state index in [1.54, 1.807) is 18.2 Å². The highest BCUT2D eigenvalue weighted by molar-refractivity contribution is 7.16. The standard InChI is InChI=1S/C13H12ClFOS/c1-8-2-4-10(11(15)6-8)12(16)7-9-3-5-13(14)17-9/h2-6,12,16H,7H2,1H3. The van der Waals surface area contributed by atoms with Crippen molar-refractivity contribution in [1.29, 1.82) is 0 Å².